The van der Waals surface area contributed by atoms with Crippen molar-refractivity contribution in [2.45, 2.75) is 74.7 Å². The fourth-order valence-electron chi connectivity index (χ4n) is 4.18. The van der Waals surface area contributed by atoms with E-state index in [1.54, 1.807) is 43.5 Å². The van der Waals surface area contributed by atoms with Gasteiger partial charge in [-0.2, -0.15) is 5.10 Å². The number of aromatic nitrogens is 3. The molecule has 2 N–H and O–H groups in total. The van der Waals surface area contributed by atoms with Crippen LogP contribution in [-0.4, -0.2) is 51.2 Å². The molecule has 1 fully saturated rings. The van der Waals surface area contributed by atoms with Crippen LogP contribution in [0, 0.1) is 6.92 Å². The quantitative estimate of drug-likeness (QED) is 0.576. The zero-order valence-corrected chi connectivity index (χ0v) is 20.5. The zero-order valence-electron chi connectivity index (χ0n) is 18.9. The van der Waals surface area contributed by atoms with Gasteiger partial charge in [0.25, 0.3) is 0 Å². The minimum Gasteiger partial charge on any atom is -0.495 e. The Bertz CT molecular complexity index is 1260. The van der Waals surface area contributed by atoms with Crippen LogP contribution in [0.2, 0.25) is 0 Å². The lowest BCUT2D eigenvalue weighted by molar-refractivity contribution is 0.0234. The van der Waals surface area contributed by atoms with Gasteiger partial charge in [0, 0.05) is 5.56 Å². The molecule has 0 radical (unpaired) electrons. The number of aliphatic hydroxyl groups is 2. The van der Waals surface area contributed by atoms with Crippen molar-refractivity contribution in [1.29, 1.82) is 0 Å². The summed E-state index contributed by atoms with van der Waals surface area (Å²) >= 11 is 1.30. The first kappa shape index (κ1) is 23.2. The van der Waals surface area contributed by atoms with E-state index >= 15 is 0 Å². The number of fused-ring (bicyclic) bond motifs is 1. The maximum atomic E-state index is 13.6. The van der Waals surface area contributed by atoms with Gasteiger partial charge in [-0.25, -0.2) is 17.9 Å². The lowest BCUT2D eigenvalue weighted by Gasteiger charge is -2.32. The molecular weight excluding hydrogens is 450 g/mol. The van der Waals surface area contributed by atoms with Crippen molar-refractivity contribution in [3.63, 3.8) is 0 Å². The Morgan fingerprint density at radius 3 is 2.53 bits per heavy atom. The minimum absolute atomic E-state index is 0.135. The molecule has 174 valence electrons. The van der Waals surface area contributed by atoms with E-state index in [0.29, 0.717) is 58.4 Å². The zero-order chi connectivity index (χ0) is 23.5. The number of ether oxygens (including phenoxy) is 1. The van der Waals surface area contributed by atoms with Crippen molar-refractivity contribution in [3.05, 3.63) is 28.9 Å². The summed E-state index contributed by atoms with van der Waals surface area (Å²) in [5.41, 5.74) is 0.129. The van der Waals surface area contributed by atoms with Crippen LogP contribution < -0.4 is 4.74 Å². The van der Waals surface area contributed by atoms with E-state index in [1.807, 2.05) is 6.92 Å². The van der Waals surface area contributed by atoms with Crippen LogP contribution in [0.15, 0.2) is 23.1 Å². The lowest BCUT2D eigenvalue weighted by atomic mass is 9.86. The molecule has 0 saturated heterocycles. The Kier molecular flexibility index (Phi) is 5.64. The normalized spacial score (nSPS) is 22.4. The van der Waals surface area contributed by atoms with E-state index in [0.717, 1.165) is 0 Å². The molecule has 8 nitrogen and oxygen atoms in total. The predicted octanol–water partition coefficient (Wildman–Crippen LogP) is 3.47. The highest BCUT2D eigenvalue weighted by atomic mass is 32.2. The molecule has 0 atom stereocenters. The molecule has 1 saturated carbocycles. The maximum absolute atomic E-state index is 13.6. The Balaban J connectivity index is 1.81. The summed E-state index contributed by atoms with van der Waals surface area (Å²) in [7, 11) is -2.22. The van der Waals surface area contributed by atoms with Crippen molar-refractivity contribution in [2.75, 3.05) is 7.11 Å². The molecule has 2 heterocycles. The standard InChI is InChI=1S/C22H29N3O5S2/c1-13-18(25-20(23-13)31-19(24-25)21(2,3)26)14-6-7-16(30-5)17(12-14)32(28,29)15-8-10-22(4,27)11-9-15/h6-7,12,15,26-27H,8-11H2,1-5H3. The summed E-state index contributed by atoms with van der Waals surface area (Å²) in [5.74, 6) is 0.292. The highest BCUT2D eigenvalue weighted by Crippen LogP contribution is 2.39. The largest absolute Gasteiger partial charge is 0.495 e. The van der Waals surface area contributed by atoms with Gasteiger partial charge < -0.3 is 14.9 Å². The van der Waals surface area contributed by atoms with Crippen molar-refractivity contribution in [3.8, 4) is 17.0 Å². The SMILES string of the molecule is COc1ccc(-c2c(C)nc3sc(C(C)(C)O)nn23)cc1S(=O)(=O)C1CCC(C)(O)CC1. The van der Waals surface area contributed by atoms with E-state index in [1.165, 1.54) is 18.4 Å². The molecular formula is C22H29N3O5S2. The van der Waals surface area contributed by atoms with Crippen LogP contribution in [0.25, 0.3) is 16.2 Å². The van der Waals surface area contributed by atoms with Crippen LogP contribution in [0.5, 0.6) is 5.75 Å². The molecule has 0 amide bonds. The van der Waals surface area contributed by atoms with Gasteiger partial charge in [-0.05, 0) is 71.6 Å². The summed E-state index contributed by atoms with van der Waals surface area (Å²) in [5, 5.41) is 25.1. The molecule has 0 unspecified atom stereocenters. The molecule has 3 aromatic rings. The van der Waals surface area contributed by atoms with Gasteiger partial charge in [0.05, 0.1) is 29.3 Å². The molecule has 32 heavy (non-hydrogen) atoms. The first-order valence-corrected chi connectivity index (χ1v) is 12.9. The summed E-state index contributed by atoms with van der Waals surface area (Å²) in [6.45, 7) is 6.93. The highest BCUT2D eigenvalue weighted by molar-refractivity contribution is 7.92. The molecule has 1 aliphatic rings. The predicted molar refractivity (Wildman–Crippen MR) is 123 cm³/mol. The van der Waals surface area contributed by atoms with E-state index in [2.05, 4.69) is 10.1 Å². The van der Waals surface area contributed by atoms with Crippen molar-refractivity contribution >= 4 is 26.1 Å². The molecule has 0 bridgehead atoms. The molecule has 4 rings (SSSR count). The lowest BCUT2D eigenvalue weighted by Crippen LogP contribution is -2.36. The third-order valence-corrected chi connectivity index (χ3v) is 9.60. The van der Waals surface area contributed by atoms with Gasteiger partial charge in [-0.1, -0.05) is 11.3 Å². The van der Waals surface area contributed by atoms with Gasteiger partial charge in [0.15, 0.2) is 9.84 Å². The Labute approximate surface area is 191 Å². The Hall–Kier alpha value is -2.01. The molecule has 0 aliphatic heterocycles. The van der Waals surface area contributed by atoms with Gasteiger partial charge in [0.2, 0.25) is 4.96 Å². The van der Waals surface area contributed by atoms with Crippen molar-refractivity contribution < 1.29 is 23.4 Å². The number of sulfone groups is 1. The number of hydrogen-bond donors (Lipinski definition) is 2. The third kappa shape index (κ3) is 4.05. The second-order valence-corrected chi connectivity index (χ2v) is 12.5. The highest BCUT2D eigenvalue weighted by Gasteiger charge is 2.38. The molecule has 0 spiro atoms. The third-order valence-electron chi connectivity index (χ3n) is 6.09. The average Bonchev–Trinajstić information content (AvgIpc) is 3.24. The summed E-state index contributed by atoms with van der Waals surface area (Å²) in [6.07, 6.45) is 1.69. The second kappa shape index (κ2) is 7.79. The molecule has 10 heteroatoms. The first-order chi connectivity index (χ1) is 14.8. The van der Waals surface area contributed by atoms with Crippen molar-refractivity contribution in [2.24, 2.45) is 0 Å². The summed E-state index contributed by atoms with van der Waals surface area (Å²) in [4.78, 5) is 5.33. The number of hydrogen-bond acceptors (Lipinski definition) is 8. The van der Waals surface area contributed by atoms with Gasteiger partial charge >= 0.3 is 0 Å². The van der Waals surface area contributed by atoms with Crippen LogP contribution in [0.4, 0.5) is 0 Å². The Morgan fingerprint density at radius 1 is 1.28 bits per heavy atom. The van der Waals surface area contributed by atoms with Gasteiger partial charge in [-0.3, -0.25) is 0 Å². The van der Waals surface area contributed by atoms with Crippen molar-refractivity contribution in [1.82, 2.24) is 14.6 Å². The molecule has 1 aliphatic carbocycles. The topological polar surface area (TPSA) is 114 Å². The van der Waals surface area contributed by atoms with Crippen LogP contribution in [-0.2, 0) is 15.4 Å². The second-order valence-electron chi connectivity index (χ2n) is 9.31. The molecule has 1 aromatic carbocycles. The number of imidazole rings is 1. The van der Waals surface area contributed by atoms with E-state index in [9.17, 15) is 18.6 Å². The van der Waals surface area contributed by atoms with Gasteiger partial charge in [-0.15, -0.1) is 0 Å². The monoisotopic (exact) mass is 479 g/mol. The number of benzene rings is 1. The number of rotatable bonds is 5. The van der Waals surface area contributed by atoms with Crippen LogP contribution in [0.1, 0.15) is 57.2 Å². The smallest absolute Gasteiger partial charge is 0.213 e. The number of nitrogens with zero attached hydrogens (tertiary/aromatic N) is 3. The maximum Gasteiger partial charge on any atom is 0.213 e. The Morgan fingerprint density at radius 2 is 1.94 bits per heavy atom. The number of methoxy groups -OCH3 is 1. The fraction of sp³-hybridized carbons (Fsp3) is 0.545. The molecule has 2 aromatic heterocycles. The van der Waals surface area contributed by atoms with E-state index in [4.69, 9.17) is 4.74 Å². The minimum atomic E-state index is -3.68. The summed E-state index contributed by atoms with van der Waals surface area (Å²) in [6, 6.07) is 5.08. The van der Waals surface area contributed by atoms with Crippen LogP contribution >= 0.6 is 11.3 Å². The van der Waals surface area contributed by atoms with E-state index in [-0.39, 0.29) is 4.90 Å². The number of aryl methyl sites for hydroxylation is 1. The fourth-order valence-corrected chi connectivity index (χ4v) is 7.06. The van der Waals surface area contributed by atoms with E-state index < -0.39 is 26.3 Å². The van der Waals surface area contributed by atoms with Crippen LogP contribution in [0.3, 0.4) is 0 Å². The first-order valence-electron chi connectivity index (χ1n) is 10.6. The summed E-state index contributed by atoms with van der Waals surface area (Å²) < 4.78 is 34.2. The average molecular weight is 480 g/mol. The van der Waals surface area contributed by atoms with Gasteiger partial charge in [0.1, 0.15) is 21.3 Å².